The number of ether oxygens (including phenoxy) is 2. The zero-order valence-corrected chi connectivity index (χ0v) is 12.4. The number of halogens is 2. The van der Waals surface area contributed by atoms with Crippen LogP contribution in [0.15, 0.2) is 33.0 Å². The predicted octanol–water partition coefficient (Wildman–Crippen LogP) is 2.94. The van der Waals surface area contributed by atoms with Gasteiger partial charge in [0.2, 0.25) is 0 Å². The lowest BCUT2D eigenvalue weighted by Gasteiger charge is -2.10. The molecule has 6 heteroatoms. The van der Waals surface area contributed by atoms with Crippen LogP contribution in [-0.4, -0.2) is 18.0 Å². The molecule has 0 saturated heterocycles. The monoisotopic (exact) mass is 364 g/mol. The van der Waals surface area contributed by atoms with Crippen molar-refractivity contribution in [2.24, 2.45) is 0 Å². The Morgan fingerprint density at radius 3 is 2.65 bits per heavy atom. The first-order chi connectivity index (χ1) is 7.95. The molecule has 0 bridgehead atoms. The van der Waals surface area contributed by atoms with E-state index in [4.69, 9.17) is 9.47 Å². The maximum absolute atomic E-state index is 11.5. The summed E-state index contributed by atoms with van der Waals surface area (Å²) in [5.41, 5.74) is 0.300. The smallest absolute Gasteiger partial charge is 0.343 e. The molecule has 0 amide bonds. The van der Waals surface area contributed by atoms with Crippen molar-refractivity contribution in [3.63, 3.8) is 0 Å². The zero-order chi connectivity index (χ0) is 13.0. The van der Waals surface area contributed by atoms with E-state index in [9.17, 15) is 9.59 Å². The van der Waals surface area contributed by atoms with Gasteiger partial charge in [-0.25, -0.2) is 9.59 Å². The Morgan fingerprint density at radius 2 is 2.18 bits per heavy atom. The second-order valence-electron chi connectivity index (χ2n) is 3.19. The molecule has 1 heterocycles. The first-order valence-corrected chi connectivity index (χ1v) is 6.36. The number of rotatable bonds is 3. The minimum absolute atomic E-state index is 0.300. The zero-order valence-electron chi connectivity index (χ0n) is 9.20. The van der Waals surface area contributed by atoms with E-state index in [0.717, 1.165) is 0 Å². The van der Waals surface area contributed by atoms with Crippen molar-refractivity contribution < 1.29 is 19.1 Å². The Bertz CT molecular complexity index is 431. The second-order valence-corrected chi connectivity index (χ2v) is 5.84. The maximum Gasteiger partial charge on any atom is 0.343 e. The molecule has 1 atom stereocenters. The van der Waals surface area contributed by atoms with Gasteiger partial charge in [-0.3, -0.25) is 0 Å². The van der Waals surface area contributed by atoms with E-state index in [0.29, 0.717) is 14.7 Å². The number of carbonyl (C=O) groups excluding carboxylic acids is 2. The number of carbonyl (C=O) groups is 2. The van der Waals surface area contributed by atoms with Crippen molar-refractivity contribution in [1.82, 2.24) is 0 Å². The van der Waals surface area contributed by atoms with Gasteiger partial charge in [0.1, 0.15) is 9.50 Å². The van der Waals surface area contributed by atoms with E-state index in [2.05, 4.69) is 31.9 Å². The molecule has 0 saturated carbocycles. The highest BCUT2D eigenvalue weighted by Gasteiger charge is 2.29. The van der Waals surface area contributed by atoms with Gasteiger partial charge >= 0.3 is 11.9 Å². The fourth-order valence-corrected chi connectivity index (χ4v) is 1.57. The summed E-state index contributed by atoms with van der Waals surface area (Å²) in [4.78, 5) is 22.7. The molecule has 0 aromatic rings. The van der Waals surface area contributed by atoms with Crippen LogP contribution in [0.3, 0.4) is 0 Å². The highest BCUT2D eigenvalue weighted by Crippen LogP contribution is 2.29. The molecule has 0 fully saturated rings. The molecule has 4 nitrogen and oxygen atoms in total. The van der Waals surface area contributed by atoms with Gasteiger partial charge in [-0.2, -0.15) is 0 Å². The van der Waals surface area contributed by atoms with Crippen LogP contribution in [-0.2, 0) is 19.1 Å². The first-order valence-electron chi connectivity index (χ1n) is 4.78. The van der Waals surface area contributed by atoms with Crippen LogP contribution in [0.1, 0.15) is 13.8 Å². The molecule has 0 spiro atoms. The molecule has 0 aromatic carbocycles. The second kappa shape index (κ2) is 6.16. The lowest BCUT2D eigenvalue weighted by molar-refractivity contribution is -0.142. The molecule has 1 aliphatic rings. The van der Waals surface area contributed by atoms with Gasteiger partial charge in [0.05, 0.1) is 5.57 Å². The summed E-state index contributed by atoms with van der Waals surface area (Å²) in [6.07, 6.45) is 3.73. The largest absolute Gasteiger partial charge is 0.454 e. The summed E-state index contributed by atoms with van der Waals surface area (Å²) in [5, 5.41) is 0. The van der Waals surface area contributed by atoms with Gasteiger partial charge in [0.15, 0.2) is 5.76 Å². The van der Waals surface area contributed by atoms with Crippen LogP contribution in [0.5, 0.6) is 0 Å². The lowest BCUT2D eigenvalue weighted by atomic mass is 10.1. The van der Waals surface area contributed by atoms with Crippen molar-refractivity contribution in [2.75, 3.05) is 0 Å². The number of hydrogen-bond acceptors (Lipinski definition) is 4. The number of cyclic esters (lactones) is 1. The van der Waals surface area contributed by atoms with Crippen molar-refractivity contribution >= 4 is 43.8 Å². The average molecular weight is 366 g/mol. The summed E-state index contributed by atoms with van der Waals surface area (Å²) in [7, 11) is 0. The molecular formula is C11H10Br2O4. The summed E-state index contributed by atoms with van der Waals surface area (Å²) >= 11 is 6.27. The average Bonchev–Trinajstić information content (AvgIpc) is 2.60. The minimum atomic E-state index is -0.650. The topological polar surface area (TPSA) is 52.6 Å². The molecule has 0 N–H and O–H groups in total. The predicted molar refractivity (Wildman–Crippen MR) is 69.4 cm³/mol. The third-order valence-electron chi connectivity index (χ3n) is 1.94. The van der Waals surface area contributed by atoms with Gasteiger partial charge < -0.3 is 9.47 Å². The van der Waals surface area contributed by atoms with Crippen LogP contribution in [0.25, 0.3) is 0 Å². The quantitative estimate of drug-likeness (QED) is 0.570. The summed E-state index contributed by atoms with van der Waals surface area (Å²) in [6.45, 7) is 3.32. The highest BCUT2D eigenvalue weighted by molar-refractivity contribution is 9.28. The Hall–Kier alpha value is -0.880. The van der Waals surface area contributed by atoms with E-state index in [1.165, 1.54) is 12.2 Å². The van der Waals surface area contributed by atoms with E-state index >= 15 is 0 Å². The first kappa shape index (κ1) is 14.2. The van der Waals surface area contributed by atoms with Crippen LogP contribution in [0.4, 0.5) is 0 Å². The highest BCUT2D eigenvalue weighted by atomic mass is 79.9. The third-order valence-corrected chi connectivity index (χ3v) is 2.73. The summed E-state index contributed by atoms with van der Waals surface area (Å²) < 4.78 is 10.5. The van der Waals surface area contributed by atoms with Crippen molar-refractivity contribution in [2.45, 2.75) is 20.0 Å². The molecule has 0 aliphatic carbocycles. The van der Waals surface area contributed by atoms with E-state index in [-0.39, 0.29) is 0 Å². The Kier molecular flexibility index (Phi) is 5.14. The molecule has 17 heavy (non-hydrogen) atoms. The Labute approximate surface area is 116 Å². The molecule has 92 valence electrons. The van der Waals surface area contributed by atoms with Crippen molar-refractivity contribution in [3.8, 4) is 0 Å². The molecule has 1 unspecified atom stereocenters. The molecule has 0 radical (unpaired) electrons. The van der Waals surface area contributed by atoms with E-state index < -0.39 is 18.0 Å². The van der Waals surface area contributed by atoms with Gasteiger partial charge in [-0.1, -0.05) is 6.08 Å². The minimum Gasteiger partial charge on any atom is -0.454 e. The van der Waals surface area contributed by atoms with Crippen LogP contribution in [0, 0.1) is 0 Å². The summed E-state index contributed by atoms with van der Waals surface area (Å²) in [5.74, 6) is -0.653. The number of esters is 2. The van der Waals surface area contributed by atoms with Gasteiger partial charge in [-0.05, 0) is 51.8 Å². The third kappa shape index (κ3) is 3.81. The lowest BCUT2D eigenvalue weighted by Crippen LogP contribution is -2.19. The SMILES string of the molecule is C/C=C/C(=O)OC(C)C1=CC(=C(Br)Br)OC1=O. The standard InChI is InChI=1S/C11H10Br2O4/c1-3-4-9(14)16-6(2)7-5-8(10(12)13)17-11(7)15/h3-6H,1-2H3/b4-3+. The normalized spacial score (nSPS) is 16.8. The molecule has 1 aliphatic heterocycles. The Balaban J connectivity index is 2.80. The Morgan fingerprint density at radius 1 is 1.53 bits per heavy atom. The fourth-order valence-electron chi connectivity index (χ4n) is 1.18. The van der Waals surface area contributed by atoms with Crippen LogP contribution >= 0.6 is 31.9 Å². The molecule has 0 aromatic heterocycles. The number of hydrogen-bond donors (Lipinski definition) is 0. The summed E-state index contributed by atoms with van der Waals surface area (Å²) in [6, 6.07) is 0. The van der Waals surface area contributed by atoms with Gasteiger partial charge in [0, 0.05) is 6.08 Å². The molecular weight excluding hydrogens is 356 g/mol. The fraction of sp³-hybridized carbons (Fsp3) is 0.273. The van der Waals surface area contributed by atoms with Gasteiger partial charge in [-0.15, -0.1) is 0 Å². The van der Waals surface area contributed by atoms with E-state index in [1.807, 2.05) is 0 Å². The van der Waals surface area contributed by atoms with Crippen molar-refractivity contribution in [3.05, 3.63) is 33.0 Å². The van der Waals surface area contributed by atoms with Crippen molar-refractivity contribution in [1.29, 1.82) is 0 Å². The van der Waals surface area contributed by atoms with Crippen LogP contribution in [0.2, 0.25) is 0 Å². The maximum atomic E-state index is 11.5. The number of allylic oxidation sites excluding steroid dienone is 2. The van der Waals surface area contributed by atoms with Crippen LogP contribution < -0.4 is 0 Å². The van der Waals surface area contributed by atoms with Gasteiger partial charge in [0.25, 0.3) is 0 Å². The molecule has 1 rings (SSSR count). The van der Waals surface area contributed by atoms with E-state index in [1.54, 1.807) is 19.9 Å².